The maximum Gasteiger partial charge on any atom is 0.239 e. The summed E-state index contributed by atoms with van der Waals surface area (Å²) in [5.74, 6) is 2.46. The van der Waals surface area contributed by atoms with Crippen molar-refractivity contribution in [3.8, 4) is 0 Å². The van der Waals surface area contributed by atoms with Crippen molar-refractivity contribution in [1.82, 2.24) is 24.2 Å². The molecular formula is C17H26N6O. The summed E-state index contributed by atoms with van der Waals surface area (Å²) in [5, 5.41) is 7.20. The zero-order valence-corrected chi connectivity index (χ0v) is 14.7. The monoisotopic (exact) mass is 330 g/mol. The third-order valence-electron chi connectivity index (χ3n) is 4.63. The number of hydrogen-bond acceptors (Lipinski definition) is 4. The van der Waals surface area contributed by atoms with Crippen LogP contribution in [0.4, 0.5) is 5.82 Å². The molecule has 2 aromatic heterocycles. The van der Waals surface area contributed by atoms with E-state index in [0.29, 0.717) is 12.5 Å². The Hall–Kier alpha value is -2.15. The van der Waals surface area contributed by atoms with Gasteiger partial charge in [0.2, 0.25) is 5.91 Å². The highest BCUT2D eigenvalue weighted by Crippen LogP contribution is 2.20. The molecule has 1 aliphatic heterocycles. The molecule has 0 saturated carbocycles. The third-order valence-corrected chi connectivity index (χ3v) is 4.63. The molecule has 3 rings (SSSR count). The number of amides is 1. The second kappa shape index (κ2) is 7.17. The summed E-state index contributed by atoms with van der Waals surface area (Å²) in [6.07, 6.45) is 7.14. The van der Waals surface area contributed by atoms with Crippen molar-refractivity contribution in [1.29, 1.82) is 0 Å². The predicted molar refractivity (Wildman–Crippen MR) is 92.7 cm³/mol. The fourth-order valence-electron chi connectivity index (χ4n) is 3.43. The minimum atomic E-state index is 0.0237. The Labute approximate surface area is 142 Å². The van der Waals surface area contributed by atoms with Crippen molar-refractivity contribution >= 4 is 11.7 Å². The fourth-order valence-corrected chi connectivity index (χ4v) is 3.43. The first-order valence-electron chi connectivity index (χ1n) is 8.50. The van der Waals surface area contributed by atoms with Crippen LogP contribution >= 0.6 is 0 Å². The highest BCUT2D eigenvalue weighted by molar-refractivity contribution is 5.91. The largest absolute Gasteiger partial charge is 0.338 e. The van der Waals surface area contributed by atoms with E-state index in [0.717, 1.165) is 43.3 Å². The number of rotatable bonds is 5. The zero-order valence-electron chi connectivity index (χ0n) is 14.7. The van der Waals surface area contributed by atoms with Gasteiger partial charge in [0, 0.05) is 45.5 Å². The van der Waals surface area contributed by atoms with E-state index in [2.05, 4.69) is 24.9 Å². The molecule has 3 heterocycles. The number of hydrogen-bond donors (Lipinski definition) is 1. The van der Waals surface area contributed by atoms with Gasteiger partial charge in [0.1, 0.15) is 11.6 Å². The van der Waals surface area contributed by atoms with Crippen LogP contribution in [0.3, 0.4) is 0 Å². The smallest absolute Gasteiger partial charge is 0.239 e. The standard InChI is InChI=1S/C17H26N6O/c1-13-9-16(22(3)20-13)19-17(24)12-23-7-4-5-14(11-23)10-15-18-6-8-21(15)2/h6,8-9,14H,4-5,7,10-12H2,1-3H3,(H,19,24). The van der Waals surface area contributed by atoms with E-state index < -0.39 is 0 Å². The SMILES string of the molecule is Cc1cc(NC(=O)CN2CCCC(Cc3nccn3C)C2)n(C)n1. The Kier molecular flexibility index (Phi) is 4.99. The maximum absolute atomic E-state index is 12.3. The van der Waals surface area contributed by atoms with Gasteiger partial charge in [-0.25, -0.2) is 4.98 Å². The number of carbonyl (C=O) groups is 1. The Balaban J connectivity index is 1.52. The summed E-state index contributed by atoms with van der Waals surface area (Å²) < 4.78 is 3.78. The number of piperidine rings is 1. The number of aryl methyl sites for hydroxylation is 3. The summed E-state index contributed by atoms with van der Waals surface area (Å²) in [5.41, 5.74) is 0.904. The van der Waals surface area contributed by atoms with E-state index in [1.807, 2.05) is 39.5 Å². The Morgan fingerprint density at radius 3 is 2.92 bits per heavy atom. The van der Waals surface area contributed by atoms with Crippen molar-refractivity contribution in [2.45, 2.75) is 26.2 Å². The van der Waals surface area contributed by atoms with Crippen LogP contribution in [0.2, 0.25) is 0 Å². The van der Waals surface area contributed by atoms with E-state index in [-0.39, 0.29) is 5.91 Å². The zero-order chi connectivity index (χ0) is 17.1. The van der Waals surface area contributed by atoms with Crippen LogP contribution in [-0.4, -0.2) is 49.8 Å². The topological polar surface area (TPSA) is 68.0 Å². The van der Waals surface area contributed by atoms with Crippen LogP contribution in [-0.2, 0) is 25.3 Å². The highest BCUT2D eigenvalue weighted by Gasteiger charge is 2.23. The summed E-state index contributed by atoms with van der Waals surface area (Å²) in [4.78, 5) is 19.0. The Morgan fingerprint density at radius 1 is 1.42 bits per heavy atom. The van der Waals surface area contributed by atoms with E-state index in [1.165, 1.54) is 6.42 Å². The molecule has 7 nitrogen and oxygen atoms in total. The molecule has 1 N–H and O–H groups in total. The molecule has 7 heteroatoms. The van der Waals surface area contributed by atoms with Gasteiger partial charge in [-0.1, -0.05) is 0 Å². The van der Waals surface area contributed by atoms with Gasteiger partial charge in [0.15, 0.2) is 0 Å². The van der Waals surface area contributed by atoms with Crippen molar-refractivity contribution in [2.24, 2.45) is 20.0 Å². The first-order valence-corrected chi connectivity index (χ1v) is 8.50. The third kappa shape index (κ3) is 4.03. The van der Waals surface area contributed by atoms with E-state index >= 15 is 0 Å². The Bertz CT molecular complexity index is 704. The van der Waals surface area contributed by atoms with Gasteiger partial charge >= 0.3 is 0 Å². The number of anilines is 1. The predicted octanol–water partition coefficient (Wildman–Crippen LogP) is 1.36. The van der Waals surface area contributed by atoms with Crippen LogP contribution < -0.4 is 5.32 Å². The number of nitrogens with one attached hydrogen (secondary N) is 1. The van der Waals surface area contributed by atoms with Crippen LogP contribution in [0.15, 0.2) is 18.5 Å². The van der Waals surface area contributed by atoms with E-state index in [9.17, 15) is 4.79 Å². The number of imidazole rings is 1. The average molecular weight is 330 g/mol. The van der Waals surface area contributed by atoms with Crippen molar-refractivity contribution in [3.05, 3.63) is 30.0 Å². The molecule has 0 radical (unpaired) electrons. The van der Waals surface area contributed by atoms with Crippen LogP contribution in [0.25, 0.3) is 0 Å². The lowest BCUT2D eigenvalue weighted by Crippen LogP contribution is -2.41. The fraction of sp³-hybridized carbons (Fsp3) is 0.588. The maximum atomic E-state index is 12.3. The van der Waals surface area contributed by atoms with Gasteiger partial charge in [-0.15, -0.1) is 0 Å². The molecule has 1 unspecified atom stereocenters. The van der Waals surface area contributed by atoms with E-state index in [4.69, 9.17) is 0 Å². The first kappa shape index (κ1) is 16.7. The summed E-state index contributed by atoms with van der Waals surface area (Å²) in [6, 6.07) is 1.89. The number of nitrogens with zero attached hydrogens (tertiary/aromatic N) is 5. The second-order valence-corrected chi connectivity index (χ2v) is 6.74. The molecule has 24 heavy (non-hydrogen) atoms. The van der Waals surface area contributed by atoms with Gasteiger partial charge in [-0.2, -0.15) is 5.10 Å². The summed E-state index contributed by atoms with van der Waals surface area (Å²) in [7, 11) is 3.87. The molecule has 130 valence electrons. The summed E-state index contributed by atoms with van der Waals surface area (Å²) in [6.45, 7) is 4.28. The lowest BCUT2D eigenvalue weighted by atomic mass is 9.94. The first-order chi connectivity index (χ1) is 11.5. The molecule has 0 bridgehead atoms. The van der Waals surface area contributed by atoms with Gasteiger partial charge in [0.25, 0.3) is 0 Å². The molecule has 1 fully saturated rings. The molecule has 1 aliphatic rings. The van der Waals surface area contributed by atoms with Crippen LogP contribution in [0.1, 0.15) is 24.4 Å². The molecule has 0 spiro atoms. The van der Waals surface area contributed by atoms with Crippen LogP contribution in [0.5, 0.6) is 0 Å². The van der Waals surface area contributed by atoms with Gasteiger partial charge in [-0.05, 0) is 32.2 Å². The second-order valence-electron chi connectivity index (χ2n) is 6.74. The number of carbonyl (C=O) groups excluding carboxylic acids is 1. The molecular weight excluding hydrogens is 304 g/mol. The lowest BCUT2D eigenvalue weighted by molar-refractivity contribution is -0.117. The Morgan fingerprint density at radius 2 is 2.25 bits per heavy atom. The number of likely N-dealkylation sites (tertiary alicyclic amines) is 1. The normalized spacial score (nSPS) is 18.7. The minimum absolute atomic E-state index is 0.0237. The quantitative estimate of drug-likeness (QED) is 0.899. The van der Waals surface area contributed by atoms with E-state index in [1.54, 1.807) is 4.68 Å². The van der Waals surface area contributed by atoms with Gasteiger partial charge in [0.05, 0.1) is 12.2 Å². The summed E-state index contributed by atoms with van der Waals surface area (Å²) >= 11 is 0. The van der Waals surface area contributed by atoms with Crippen LogP contribution in [0, 0.1) is 12.8 Å². The van der Waals surface area contributed by atoms with Crippen molar-refractivity contribution in [3.63, 3.8) is 0 Å². The molecule has 1 atom stereocenters. The highest BCUT2D eigenvalue weighted by atomic mass is 16.2. The average Bonchev–Trinajstić information content (AvgIpc) is 3.05. The molecule has 0 aliphatic carbocycles. The van der Waals surface area contributed by atoms with Gasteiger partial charge < -0.3 is 9.88 Å². The molecule has 0 aromatic carbocycles. The van der Waals surface area contributed by atoms with Crippen molar-refractivity contribution in [2.75, 3.05) is 25.0 Å². The van der Waals surface area contributed by atoms with Crippen molar-refractivity contribution < 1.29 is 4.79 Å². The molecule has 2 aromatic rings. The molecule has 1 amide bonds. The number of aromatic nitrogens is 4. The van der Waals surface area contributed by atoms with Gasteiger partial charge in [-0.3, -0.25) is 14.4 Å². The minimum Gasteiger partial charge on any atom is -0.338 e. The molecule has 1 saturated heterocycles. The lowest BCUT2D eigenvalue weighted by Gasteiger charge is -2.32.